The molecule has 0 saturated carbocycles. The summed E-state index contributed by atoms with van der Waals surface area (Å²) in [5, 5.41) is 23.0. The standard InChI is InChI=1S/C13H16N2O4/c1-7(2)11(18-3)12-14-13(19-15-12)9-6-8(16)4-5-10(9)17/h4-7,11,16-17H,1-3H3. The molecule has 0 aliphatic rings. The second-order valence-electron chi connectivity index (χ2n) is 4.56. The molecular formula is C13H16N2O4. The molecule has 2 aromatic rings. The number of methoxy groups -OCH3 is 1. The number of phenols is 2. The Hall–Kier alpha value is -2.08. The van der Waals surface area contributed by atoms with E-state index in [1.807, 2.05) is 13.8 Å². The molecular weight excluding hydrogens is 248 g/mol. The Balaban J connectivity index is 2.38. The van der Waals surface area contributed by atoms with E-state index in [9.17, 15) is 10.2 Å². The van der Waals surface area contributed by atoms with Crippen molar-refractivity contribution in [2.24, 2.45) is 5.92 Å². The number of phenolic OH excluding ortho intramolecular Hbond substituents is 2. The number of aromatic hydroxyl groups is 2. The first-order chi connectivity index (χ1) is 9.02. The summed E-state index contributed by atoms with van der Waals surface area (Å²) in [6.07, 6.45) is -0.281. The van der Waals surface area contributed by atoms with Gasteiger partial charge in [0.15, 0.2) is 0 Å². The maximum absolute atomic E-state index is 9.73. The van der Waals surface area contributed by atoms with Crippen LogP contribution in [-0.2, 0) is 4.74 Å². The number of nitrogens with zero attached hydrogens (tertiary/aromatic N) is 2. The zero-order valence-electron chi connectivity index (χ0n) is 11.0. The molecule has 0 saturated heterocycles. The van der Waals surface area contributed by atoms with E-state index < -0.39 is 0 Å². The lowest BCUT2D eigenvalue weighted by Gasteiger charge is -2.14. The average Bonchev–Trinajstić information content (AvgIpc) is 2.82. The quantitative estimate of drug-likeness (QED) is 0.825. The van der Waals surface area contributed by atoms with Crippen LogP contribution >= 0.6 is 0 Å². The van der Waals surface area contributed by atoms with Gasteiger partial charge in [-0.05, 0) is 24.1 Å². The number of benzene rings is 1. The summed E-state index contributed by atoms with van der Waals surface area (Å²) in [5.41, 5.74) is 0.289. The van der Waals surface area contributed by atoms with Crippen LogP contribution in [0.2, 0.25) is 0 Å². The summed E-state index contributed by atoms with van der Waals surface area (Å²) in [4.78, 5) is 4.20. The molecule has 1 atom stereocenters. The lowest BCUT2D eigenvalue weighted by Crippen LogP contribution is -2.10. The van der Waals surface area contributed by atoms with Crippen LogP contribution in [0.1, 0.15) is 25.8 Å². The highest BCUT2D eigenvalue weighted by Crippen LogP contribution is 2.32. The smallest absolute Gasteiger partial charge is 0.261 e. The minimum atomic E-state index is -0.281. The molecule has 0 spiro atoms. The van der Waals surface area contributed by atoms with Gasteiger partial charge in [-0.1, -0.05) is 19.0 Å². The van der Waals surface area contributed by atoms with Gasteiger partial charge in [0.05, 0.1) is 5.56 Å². The minimum absolute atomic E-state index is 0.0136. The molecule has 6 heteroatoms. The van der Waals surface area contributed by atoms with Crippen LogP contribution in [0.3, 0.4) is 0 Å². The minimum Gasteiger partial charge on any atom is -0.508 e. The van der Waals surface area contributed by atoms with Crippen molar-refractivity contribution in [3.8, 4) is 23.0 Å². The fourth-order valence-corrected chi connectivity index (χ4v) is 1.83. The van der Waals surface area contributed by atoms with Gasteiger partial charge in [0.1, 0.15) is 17.6 Å². The normalized spacial score (nSPS) is 12.8. The lowest BCUT2D eigenvalue weighted by atomic mass is 10.1. The first-order valence-corrected chi connectivity index (χ1v) is 5.91. The third kappa shape index (κ3) is 2.68. The van der Waals surface area contributed by atoms with Crippen molar-refractivity contribution >= 4 is 0 Å². The summed E-state index contributed by atoms with van der Waals surface area (Å²) in [6, 6.07) is 4.11. The van der Waals surface area contributed by atoms with Crippen LogP contribution < -0.4 is 0 Å². The van der Waals surface area contributed by atoms with Crippen LogP contribution in [0.15, 0.2) is 22.7 Å². The highest BCUT2D eigenvalue weighted by molar-refractivity contribution is 5.64. The molecule has 2 N–H and O–H groups in total. The molecule has 1 unspecified atom stereocenters. The van der Waals surface area contributed by atoms with Gasteiger partial charge in [0.25, 0.3) is 5.89 Å². The second kappa shape index (κ2) is 5.27. The first kappa shape index (κ1) is 13.4. The van der Waals surface area contributed by atoms with Gasteiger partial charge in [-0.3, -0.25) is 0 Å². The third-order valence-electron chi connectivity index (χ3n) is 2.77. The molecule has 0 fully saturated rings. The molecule has 1 aromatic heterocycles. The molecule has 102 valence electrons. The summed E-state index contributed by atoms with van der Waals surface area (Å²) >= 11 is 0. The fourth-order valence-electron chi connectivity index (χ4n) is 1.83. The number of hydrogen-bond donors (Lipinski definition) is 2. The largest absolute Gasteiger partial charge is 0.508 e. The summed E-state index contributed by atoms with van der Waals surface area (Å²) < 4.78 is 10.4. The average molecular weight is 264 g/mol. The molecule has 0 radical (unpaired) electrons. The van der Waals surface area contributed by atoms with Crippen LogP contribution in [0.25, 0.3) is 11.5 Å². The van der Waals surface area contributed by atoms with Gasteiger partial charge >= 0.3 is 0 Å². The van der Waals surface area contributed by atoms with Crippen LogP contribution in [0, 0.1) is 5.92 Å². The van der Waals surface area contributed by atoms with Gasteiger partial charge in [-0.15, -0.1) is 0 Å². The van der Waals surface area contributed by atoms with Gasteiger partial charge in [-0.25, -0.2) is 0 Å². The van der Waals surface area contributed by atoms with Crippen molar-refractivity contribution < 1.29 is 19.5 Å². The van der Waals surface area contributed by atoms with Crippen molar-refractivity contribution in [1.29, 1.82) is 0 Å². The van der Waals surface area contributed by atoms with E-state index >= 15 is 0 Å². The first-order valence-electron chi connectivity index (χ1n) is 5.91. The predicted molar refractivity (Wildman–Crippen MR) is 67.7 cm³/mol. The maximum atomic E-state index is 9.73. The van der Waals surface area contributed by atoms with Gasteiger partial charge in [0.2, 0.25) is 5.82 Å². The van der Waals surface area contributed by atoms with Crippen molar-refractivity contribution in [1.82, 2.24) is 10.1 Å². The van der Waals surface area contributed by atoms with Crippen LogP contribution in [-0.4, -0.2) is 27.5 Å². The van der Waals surface area contributed by atoms with Crippen molar-refractivity contribution in [2.75, 3.05) is 7.11 Å². The number of aromatic nitrogens is 2. The van der Waals surface area contributed by atoms with E-state index in [2.05, 4.69) is 10.1 Å². The Bertz CT molecular complexity index is 566. The second-order valence-corrected chi connectivity index (χ2v) is 4.56. The van der Waals surface area contributed by atoms with Crippen molar-refractivity contribution in [3.05, 3.63) is 24.0 Å². The molecule has 0 aliphatic heterocycles. The highest BCUT2D eigenvalue weighted by Gasteiger charge is 2.22. The molecule has 0 aliphatic carbocycles. The van der Waals surface area contributed by atoms with Crippen LogP contribution in [0.4, 0.5) is 0 Å². The Labute approximate surface area is 110 Å². The number of rotatable bonds is 4. The van der Waals surface area contributed by atoms with Gasteiger partial charge in [0, 0.05) is 7.11 Å². The Kier molecular flexibility index (Phi) is 3.71. The van der Waals surface area contributed by atoms with E-state index in [1.165, 1.54) is 18.2 Å². The monoisotopic (exact) mass is 264 g/mol. The lowest BCUT2D eigenvalue weighted by molar-refractivity contribution is 0.0556. The van der Waals surface area contributed by atoms with E-state index in [1.54, 1.807) is 7.11 Å². The van der Waals surface area contributed by atoms with E-state index in [0.29, 0.717) is 5.82 Å². The number of ether oxygens (including phenoxy) is 1. The molecule has 1 heterocycles. The highest BCUT2D eigenvalue weighted by atomic mass is 16.5. The zero-order valence-corrected chi connectivity index (χ0v) is 11.0. The van der Waals surface area contributed by atoms with Gasteiger partial charge in [-0.2, -0.15) is 4.98 Å². The Morgan fingerprint density at radius 2 is 2.00 bits per heavy atom. The van der Waals surface area contributed by atoms with E-state index in [4.69, 9.17) is 9.26 Å². The van der Waals surface area contributed by atoms with Crippen molar-refractivity contribution in [3.63, 3.8) is 0 Å². The number of hydrogen-bond acceptors (Lipinski definition) is 6. The van der Waals surface area contributed by atoms with Gasteiger partial charge < -0.3 is 19.5 Å². The van der Waals surface area contributed by atoms with E-state index in [-0.39, 0.29) is 35.0 Å². The van der Waals surface area contributed by atoms with Crippen molar-refractivity contribution in [2.45, 2.75) is 20.0 Å². The summed E-state index contributed by atoms with van der Waals surface area (Å²) in [5.74, 6) is 0.723. The molecule has 6 nitrogen and oxygen atoms in total. The fraction of sp³-hybridized carbons (Fsp3) is 0.385. The third-order valence-corrected chi connectivity index (χ3v) is 2.77. The topological polar surface area (TPSA) is 88.6 Å². The molecule has 2 rings (SSSR count). The molecule has 0 bridgehead atoms. The molecule has 19 heavy (non-hydrogen) atoms. The molecule has 1 aromatic carbocycles. The summed E-state index contributed by atoms with van der Waals surface area (Å²) in [7, 11) is 1.58. The van der Waals surface area contributed by atoms with E-state index in [0.717, 1.165) is 0 Å². The zero-order chi connectivity index (χ0) is 14.0. The van der Waals surface area contributed by atoms with Crippen LogP contribution in [0.5, 0.6) is 11.5 Å². The maximum Gasteiger partial charge on any atom is 0.261 e. The summed E-state index contributed by atoms with van der Waals surface area (Å²) in [6.45, 7) is 3.96. The SMILES string of the molecule is COC(c1noc(-c2cc(O)ccc2O)n1)C(C)C. The molecule has 0 amide bonds. The Morgan fingerprint density at radius 3 is 2.63 bits per heavy atom. The Morgan fingerprint density at radius 1 is 1.26 bits per heavy atom. The predicted octanol–water partition coefficient (Wildman–Crippen LogP) is 2.49.